The summed E-state index contributed by atoms with van der Waals surface area (Å²) in [4.78, 5) is 40.6. The Morgan fingerprint density at radius 3 is 1.81 bits per heavy atom. The van der Waals surface area contributed by atoms with Crippen LogP contribution < -0.4 is 0 Å². The van der Waals surface area contributed by atoms with E-state index in [0.717, 1.165) is 38.4 Å². The Morgan fingerprint density at radius 2 is 1.17 bits per heavy atom. The maximum absolute atomic E-state index is 13.0. The van der Waals surface area contributed by atoms with Crippen LogP contribution in [0.3, 0.4) is 0 Å². The molecule has 0 bridgehead atoms. The highest BCUT2D eigenvalue weighted by atomic mass is 32.1. The van der Waals surface area contributed by atoms with E-state index in [0.29, 0.717) is 22.3 Å². The van der Waals surface area contributed by atoms with Crippen LogP contribution in [-0.4, -0.2) is 22.5 Å². The molecule has 1 atom stereocenters. The molecule has 10 rings (SSSR count). The Balaban J connectivity index is 1.10. The van der Waals surface area contributed by atoms with Gasteiger partial charge < -0.3 is 5.11 Å². The van der Waals surface area contributed by atoms with Crippen LogP contribution in [0.4, 0.5) is 0 Å². The molecule has 4 nitrogen and oxygen atoms in total. The molecule has 48 heavy (non-hydrogen) atoms. The number of allylic oxidation sites excluding steroid dienone is 1. The maximum atomic E-state index is 13.0. The van der Waals surface area contributed by atoms with E-state index in [1.165, 1.54) is 57.0 Å². The molecular weight excluding hydrogens is 633 g/mol. The Bertz CT molecular complexity index is 2520. The van der Waals surface area contributed by atoms with Crippen LogP contribution >= 0.6 is 22.7 Å². The van der Waals surface area contributed by atoms with Gasteiger partial charge in [-0.05, 0) is 111 Å². The number of fused-ring (bicyclic) bond motifs is 9. The molecule has 232 valence electrons. The molecule has 2 aromatic heterocycles. The van der Waals surface area contributed by atoms with Gasteiger partial charge in [0.2, 0.25) is 11.6 Å². The Kier molecular flexibility index (Phi) is 5.97. The number of hydrogen-bond acceptors (Lipinski definition) is 6. The zero-order valence-electron chi connectivity index (χ0n) is 25.8. The molecule has 4 aliphatic carbocycles. The molecule has 0 saturated heterocycles. The summed E-state index contributed by atoms with van der Waals surface area (Å²) >= 11 is 3.34. The van der Waals surface area contributed by atoms with Gasteiger partial charge in [0.1, 0.15) is 6.10 Å². The van der Waals surface area contributed by atoms with Crippen molar-refractivity contribution < 1.29 is 19.5 Å². The molecule has 0 radical (unpaired) electrons. The van der Waals surface area contributed by atoms with Gasteiger partial charge in [-0.15, -0.1) is 22.7 Å². The fourth-order valence-electron chi connectivity index (χ4n) is 8.70. The summed E-state index contributed by atoms with van der Waals surface area (Å²) in [5, 5.41) is 12.9. The fraction of sp³-hybridized carbons (Fsp3) is 0.167. The molecule has 1 fully saturated rings. The molecule has 1 unspecified atom stereocenters. The minimum Gasteiger partial charge on any atom is -0.380 e. The zero-order valence-corrected chi connectivity index (χ0v) is 27.5. The number of Topliss-reactive ketones (excluding diaryl/α,β-unsaturated/α-hetero) is 3. The number of carbonyl (C=O) groups is 3. The molecular formula is C42H28O4S2. The fourth-order valence-corrected chi connectivity index (χ4v) is 10.8. The van der Waals surface area contributed by atoms with Crippen LogP contribution in [0, 0.1) is 0 Å². The van der Waals surface area contributed by atoms with E-state index in [1.54, 1.807) is 34.8 Å². The third-order valence-electron chi connectivity index (χ3n) is 10.9. The van der Waals surface area contributed by atoms with Crippen LogP contribution in [0.5, 0.6) is 0 Å². The Morgan fingerprint density at radius 1 is 0.604 bits per heavy atom. The van der Waals surface area contributed by atoms with Gasteiger partial charge in [-0.2, -0.15) is 0 Å². The van der Waals surface area contributed by atoms with E-state index in [-0.39, 0.29) is 11.2 Å². The summed E-state index contributed by atoms with van der Waals surface area (Å²) in [6.07, 6.45) is 8.60. The van der Waals surface area contributed by atoms with Crippen molar-refractivity contribution in [2.75, 3.05) is 0 Å². The van der Waals surface area contributed by atoms with Crippen LogP contribution in [0.2, 0.25) is 0 Å². The van der Waals surface area contributed by atoms with E-state index in [1.807, 2.05) is 48.6 Å². The summed E-state index contributed by atoms with van der Waals surface area (Å²) in [6.45, 7) is 0. The molecule has 6 heteroatoms. The van der Waals surface area contributed by atoms with Gasteiger partial charge in [0.25, 0.3) is 0 Å². The largest absolute Gasteiger partial charge is 0.380 e. The molecule has 6 aromatic rings. The van der Waals surface area contributed by atoms with Crippen molar-refractivity contribution in [1.29, 1.82) is 0 Å². The minimum absolute atomic E-state index is 0.0380. The first-order chi connectivity index (χ1) is 23.4. The molecule has 1 N–H and O–H groups in total. The predicted octanol–water partition coefficient (Wildman–Crippen LogP) is 9.81. The number of carbonyl (C=O) groups excluding carboxylic acids is 3. The first kappa shape index (κ1) is 28.3. The summed E-state index contributed by atoms with van der Waals surface area (Å²) in [6, 6.07) is 28.6. The lowest BCUT2D eigenvalue weighted by Gasteiger charge is -2.36. The van der Waals surface area contributed by atoms with E-state index >= 15 is 0 Å². The highest BCUT2D eigenvalue weighted by Crippen LogP contribution is 2.58. The first-order valence-corrected chi connectivity index (χ1v) is 18.1. The lowest BCUT2D eigenvalue weighted by molar-refractivity contribution is -0.120. The van der Waals surface area contributed by atoms with Crippen LogP contribution in [0.15, 0.2) is 84.9 Å². The molecule has 4 aromatic carbocycles. The monoisotopic (exact) mass is 660 g/mol. The number of aliphatic hydroxyl groups excluding tert-OH is 1. The first-order valence-electron chi connectivity index (χ1n) is 16.5. The highest BCUT2D eigenvalue weighted by molar-refractivity contribution is 7.20. The minimum atomic E-state index is -1.10. The molecule has 2 heterocycles. The topological polar surface area (TPSA) is 71.4 Å². The van der Waals surface area contributed by atoms with Gasteiger partial charge in [-0.25, -0.2) is 0 Å². The summed E-state index contributed by atoms with van der Waals surface area (Å²) < 4.78 is 2.34. The molecule has 1 saturated carbocycles. The summed E-state index contributed by atoms with van der Waals surface area (Å²) in [5.74, 6) is -1.10. The third kappa shape index (κ3) is 3.88. The van der Waals surface area contributed by atoms with Crippen molar-refractivity contribution in [2.24, 2.45) is 0 Å². The average molecular weight is 661 g/mol. The van der Waals surface area contributed by atoms with Gasteiger partial charge in [-0.1, -0.05) is 67.8 Å². The van der Waals surface area contributed by atoms with Gasteiger partial charge in [-0.3, -0.25) is 14.4 Å². The van der Waals surface area contributed by atoms with Crippen molar-refractivity contribution in [3.63, 3.8) is 0 Å². The Hall–Kier alpha value is -4.75. The third-order valence-corrected chi connectivity index (χ3v) is 13.0. The number of aliphatic hydroxyl groups is 1. The van der Waals surface area contributed by atoms with Crippen LogP contribution in [0.1, 0.15) is 86.1 Å². The zero-order chi connectivity index (χ0) is 32.3. The van der Waals surface area contributed by atoms with E-state index in [2.05, 4.69) is 36.4 Å². The molecule has 1 spiro atoms. The van der Waals surface area contributed by atoms with E-state index < -0.39 is 17.7 Å². The smallest absolute Gasteiger partial charge is 0.234 e. The van der Waals surface area contributed by atoms with Crippen molar-refractivity contribution in [3.05, 3.63) is 128 Å². The van der Waals surface area contributed by atoms with Gasteiger partial charge >= 0.3 is 0 Å². The Labute approximate surface area is 284 Å². The average Bonchev–Trinajstić information content (AvgIpc) is 3.87. The SMILES string of the molecule is O=C1C(=O)c2ccccc2/C1=C/c1cc2cc3c(cc2s1)-c1cc2sc(/C=C4\C(=O)C(O)c5ccccc54)cc2cc1C31CCCCC1. The number of rotatable bonds is 2. The molecule has 0 amide bonds. The number of hydrogen-bond donors (Lipinski definition) is 1. The van der Waals surface area contributed by atoms with Crippen molar-refractivity contribution in [2.45, 2.75) is 43.6 Å². The van der Waals surface area contributed by atoms with Gasteiger partial charge in [0, 0.05) is 41.3 Å². The van der Waals surface area contributed by atoms with Gasteiger partial charge in [0.15, 0.2) is 5.78 Å². The van der Waals surface area contributed by atoms with Crippen molar-refractivity contribution in [3.8, 4) is 11.1 Å². The summed E-state index contributed by atoms with van der Waals surface area (Å²) in [5.41, 5.74) is 9.10. The second-order valence-electron chi connectivity index (χ2n) is 13.5. The van der Waals surface area contributed by atoms with E-state index in [9.17, 15) is 19.5 Å². The standard InChI is InChI=1S/C42H28O4S2/c43-38-28-10-4-2-8-26(28)32(40(38)45)18-24-14-22-16-34-30(20-36(22)47-24)31-21-37-23(17-35(31)42(34)12-6-1-7-13-42)15-25(48-37)19-33-27-9-3-5-11-29(27)39(44)41(33)46/h2-5,8-11,14-21,38,43H,1,6-7,12-13H2/b32-18-,33-19-. The lowest BCUT2D eigenvalue weighted by Crippen LogP contribution is -2.28. The van der Waals surface area contributed by atoms with Crippen LogP contribution in [0.25, 0.3) is 54.6 Å². The quantitative estimate of drug-likeness (QED) is 0.148. The normalized spacial score (nSPS) is 20.8. The second-order valence-corrected chi connectivity index (χ2v) is 15.7. The summed E-state index contributed by atoms with van der Waals surface area (Å²) in [7, 11) is 0. The molecule has 0 aliphatic heterocycles. The highest BCUT2D eigenvalue weighted by Gasteiger charge is 2.44. The van der Waals surface area contributed by atoms with Crippen LogP contribution in [-0.2, 0) is 15.0 Å². The van der Waals surface area contributed by atoms with E-state index in [4.69, 9.17) is 0 Å². The van der Waals surface area contributed by atoms with Crippen molar-refractivity contribution >= 4 is 83.5 Å². The number of benzene rings is 4. The van der Waals surface area contributed by atoms with Crippen molar-refractivity contribution in [1.82, 2.24) is 0 Å². The molecule has 4 aliphatic rings. The number of thiophene rings is 2. The predicted molar refractivity (Wildman–Crippen MR) is 194 cm³/mol. The van der Waals surface area contributed by atoms with Gasteiger partial charge in [0.05, 0.1) is 0 Å². The lowest BCUT2D eigenvalue weighted by atomic mass is 9.67. The number of ketones is 3. The second kappa shape index (κ2) is 10.1. The maximum Gasteiger partial charge on any atom is 0.234 e.